The van der Waals surface area contributed by atoms with Gasteiger partial charge in [-0.15, -0.1) is 0 Å². The lowest BCUT2D eigenvalue weighted by Gasteiger charge is -2.28. The third kappa shape index (κ3) is 6.91. The van der Waals surface area contributed by atoms with Gasteiger partial charge in [0, 0.05) is 12.6 Å². The first-order valence-electron chi connectivity index (χ1n) is 6.51. The van der Waals surface area contributed by atoms with Crippen LogP contribution in [0.1, 0.15) is 59.8 Å². The number of nitrogens with two attached hydrogens (primary N) is 1. The molecule has 0 aliphatic carbocycles. The van der Waals surface area contributed by atoms with Gasteiger partial charge in [0.1, 0.15) is 0 Å². The molecule has 0 aromatic rings. The molecule has 2 nitrogen and oxygen atoms in total. The van der Waals surface area contributed by atoms with E-state index in [9.17, 15) is 0 Å². The van der Waals surface area contributed by atoms with Gasteiger partial charge in [-0.1, -0.05) is 40.0 Å². The van der Waals surface area contributed by atoms with Crippen LogP contribution < -0.4 is 11.1 Å². The van der Waals surface area contributed by atoms with Crippen molar-refractivity contribution in [2.24, 2.45) is 11.1 Å². The summed E-state index contributed by atoms with van der Waals surface area (Å²) in [6.07, 6.45) is 6.45. The summed E-state index contributed by atoms with van der Waals surface area (Å²) in [5.41, 5.74) is 6.06. The Hall–Kier alpha value is -0.0800. The quantitative estimate of drug-likeness (QED) is 0.579. The van der Waals surface area contributed by atoms with Crippen LogP contribution in [0.15, 0.2) is 0 Å². The molecule has 0 bridgehead atoms. The topological polar surface area (TPSA) is 38.0 Å². The van der Waals surface area contributed by atoms with Gasteiger partial charge in [-0.05, 0) is 31.7 Å². The van der Waals surface area contributed by atoms with Crippen molar-refractivity contribution >= 4 is 0 Å². The van der Waals surface area contributed by atoms with Gasteiger partial charge in [0.15, 0.2) is 0 Å². The van der Waals surface area contributed by atoms with Crippen LogP contribution in [-0.4, -0.2) is 19.1 Å². The molecule has 0 aliphatic heterocycles. The third-order valence-electron chi connectivity index (χ3n) is 3.46. The summed E-state index contributed by atoms with van der Waals surface area (Å²) in [7, 11) is 0. The number of nitrogens with one attached hydrogen (secondary N) is 1. The third-order valence-corrected chi connectivity index (χ3v) is 3.46. The first-order chi connectivity index (χ1) is 7.08. The van der Waals surface area contributed by atoms with E-state index in [0.717, 1.165) is 19.5 Å². The number of unbranched alkanes of at least 4 members (excludes halogenated alkanes) is 2. The molecule has 0 fully saturated rings. The van der Waals surface area contributed by atoms with Gasteiger partial charge in [-0.2, -0.15) is 0 Å². The molecule has 0 spiro atoms. The second-order valence-electron chi connectivity index (χ2n) is 5.15. The lowest BCUT2D eigenvalue weighted by molar-refractivity contribution is 0.286. The molecule has 0 saturated heterocycles. The monoisotopic (exact) mass is 214 g/mol. The minimum atomic E-state index is 0.277. The Balaban J connectivity index is 3.64. The standard InChI is InChI=1S/C13H30N2/c1-5-7-8-9-12(3)15-11-13(4,6-2)10-14/h12,15H,5-11,14H2,1-4H3. The molecular formula is C13H30N2. The Kier molecular flexibility index (Phi) is 8.07. The van der Waals surface area contributed by atoms with E-state index >= 15 is 0 Å². The Morgan fingerprint density at radius 2 is 1.93 bits per heavy atom. The lowest BCUT2D eigenvalue weighted by Crippen LogP contribution is -2.41. The summed E-state index contributed by atoms with van der Waals surface area (Å²) in [6, 6.07) is 0.633. The minimum absolute atomic E-state index is 0.277. The van der Waals surface area contributed by atoms with E-state index in [2.05, 4.69) is 33.0 Å². The molecule has 92 valence electrons. The van der Waals surface area contributed by atoms with Gasteiger partial charge in [-0.25, -0.2) is 0 Å². The molecule has 15 heavy (non-hydrogen) atoms. The van der Waals surface area contributed by atoms with Crippen molar-refractivity contribution in [2.75, 3.05) is 13.1 Å². The summed E-state index contributed by atoms with van der Waals surface area (Å²) in [5, 5.41) is 3.60. The van der Waals surface area contributed by atoms with Crippen molar-refractivity contribution in [3.05, 3.63) is 0 Å². The van der Waals surface area contributed by atoms with E-state index in [1.165, 1.54) is 25.7 Å². The van der Waals surface area contributed by atoms with E-state index < -0.39 is 0 Å². The summed E-state index contributed by atoms with van der Waals surface area (Å²) in [5.74, 6) is 0. The molecule has 0 amide bonds. The highest BCUT2D eigenvalue weighted by atomic mass is 14.9. The predicted octanol–water partition coefficient (Wildman–Crippen LogP) is 2.92. The molecule has 3 N–H and O–H groups in total. The first-order valence-corrected chi connectivity index (χ1v) is 6.51. The van der Waals surface area contributed by atoms with E-state index in [1.54, 1.807) is 0 Å². The summed E-state index contributed by atoms with van der Waals surface area (Å²) in [6.45, 7) is 10.8. The minimum Gasteiger partial charge on any atom is -0.330 e. The van der Waals surface area contributed by atoms with Gasteiger partial charge in [0.25, 0.3) is 0 Å². The molecule has 2 unspecified atom stereocenters. The molecule has 0 heterocycles. The molecule has 0 saturated carbocycles. The maximum Gasteiger partial charge on any atom is 0.00389 e. The molecule has 0 aromatic carbocycles. The molecule has 2 atom stereocenters. The van der Waals surface area contributed by atoms with Crippen LogP contribution in [-0.2, 0) is 0 Å². The Bertz CT molecular complexity index is 141. The zero-order valence-corrected chi connectivity index (χ0v) is 11.1. The second kappa shape index (κ2) is 8.12. The molecule has 0 aliphatic rings. The average molecular weight is 214 g/mol. The Labute approximate surface area is 96.0 Å². The molecule has 0 rings (SSSR count). The van der Waals surface area contributed by atoms with E-state index in [4.69, 9.17) is 5.73 Å². The smallest absolute Gasteiger partial charge is 0.00389 e. The zero-order valence-electron chi connectivity index (χ0n) is 11.1. The summed E-state index contributed by atoms with van der Waals surface area (Å²) >= 11 is 0. The highest BCUT2D eigenvalue weighted by Crippen LogP contribution is 2.18. The molecule has 0 radical (unpaired) electrons. The second-order valence-corrected chi connectivity index (χ2v) is 5.15. The zero-order chi connectivity index (χ0) is 11.7. The van der Waals surface area contributed by atoms with E-state index in [-0.39, 0.29) is 5.41 Å². The summed E-state index contributed by atoms with van der Waals surface area (Å²) in [4.78, 5) is 0. The fraction of sp³-hybridized carbons (Fsp3) is 1.00. The average Bonchev–Trinajstić information content (AvgIpc) is 2.26. The van der Waals surface area contributed by atoms with Crippen LogP contribution in [0.2, 0.25) is 0 Å². The van der Waals surface area contributed by atoms with Gasteiger partial charge < -0.3 is 11.1 Å². The highest BCUT2D eigenvalue weighted by molar-refractivity contribution is 4.77. The van der Waals surface area contributed by atoms with Crippen LogP contribution in [0.5, 0.6) is 0 Å². The van der Waals surface area contributed by atoms with Crippen molar-refractivity contribution in [1.29, 1.82) is 0 Å². The van der Waals surface area contributed by atoms with Crippen molar-refractivity contribution in [1.82, 2.24) is 5.32 Å². The molecular weight excluding hydrogens is 184 g/mol. The van der Waals surface area contributed by atoms with Gasteiger partial charge in [-0.3, -0.25) is 0 Å². The number of hydrogen-bond donors (Lipinski definition) is 2. The Morgan fingerprint density at radius 3 is 2.40 bits per heavy atom. The SMILES string of the molecule is CCCCCC(C)NCC(C)(CC)CN. The number of hydrogen-bond acceptors (Lipinski definition) is 2. The predicted molar refractivity (Wildman–Crippen MR) is 69.1 cm³/mol. The van der Waals surface area contributed by atoms with E-state index in [1.807, 2.05) is 0 Å². The van der Waals surface area contributed by atoms with Gasteiger partial charge in [0.05, 0.1) is 0 Å². The first kappa shape index (κ1) is 14.9. The normalized spacial score (nSPS) is 17.4. The van der Waals surface area contributed by atoms with Crippen LogP contribution in [0.3, 0.4) is 0 Å². The molecule has 0 aromatic heterocycles. The van der Waals surface area contributed by atoms with Crippen molar-refractivity contribution in [3.8, 4) is 0 Å². The highest BCUT2D eigenvalue weighted by Gasteiger charge is 2.20. The van der Waals surface area contributed by atoms with Crippen molar-refractivity contribution < 1.29 is 0 Å². The van der Waals surface area contributed by atoms with Crippen LogP contribution in [0.25, 0.3) is 0 Å². The van der Waals surface area contributed by atoms with E-state index in [0.29, 0.717) is 6.04 Å². The largest absolute Gasteiger partial charge is 0.330 e. The maximum atomic E-state index is 5.79. The fourth-order valence-corrected chi connectivity index (χ4v) is 1.56. The van der Waals surface area contributed by atoms with Crippen molar-refractivity contribution in [3.63, 3.8) is 0 Å². The molecule has 2 heteroatoms. The van der Waals surface area contributed by atoms with Crippen LogP contribution >= 0.6 is 0 Å². The van der Waals surface area contributed by atoms with Gasteiger partial charge >= 0.3 is 0 Å². The fourth-order valence-electron chi connectivity index (χ4n) is 1.56. The Morgan fingerprint density at radius 1 is 1.27 bits per heavy atom. The number of rotatable bonds is 9. The maximum absolute atomic E-state index is 5.79. The van der Waals surface area contributed by atoms with Crippen LogP contribution in [0.4, 0.5) is 0 Å². The van der Waals surface area contributed by atoms with Gasteiger partial charge in [0.2, 0.25) is 0 Å². The summed E-state index contributed by atoms with van der Waals surface area (Å²) < 4.78 is 0. The van der Waals surface area contributed by atoms with Crippen LogP contribution in [0, 0.1) is 5.41 Å². The van der Waals surface area contributed by atoms with Crippen molar-refractivity contribution in [2.45, 2.75) is 65.8 Å². The lowest BCUT2D eigenvalue weighted by atomic mass is 9.87.